The predicted octanol–water partition coefficient (Wildman–Crippen LogP) is 8.37. The van der Waals surface area contributed by atoms with Crippen LogP contribution < -0.4 is 4.52 Å². The average molecular weight is 505 g/mol. The molecule has 0 aliphatic carbocycles. The highest BCUT2D eigenvalue weighted by atomic mass is 31.2. The zero-order valence-electron chi connectivity index (χ0n) is 22.2. The molecule has 0 radical (unpaired) electrons. The lowest BCUT2D eigenvalue weighted by Gasteiger charge is -2.18. The van der Waals surface area contributed by atoms with Gasteiger partial charge in [0.2, 0.25) is 0 Å². The third-order valence-electron chi connectivity index (χ3n) is 5.97. The van der Waals surface area contributed by atoms with Crippen LogP contribution >= 0.6 is 7.82 Å². The Bertz CT molecular complexity index is 917. The van der Waals surface area contributed by atoms with Crippen molar-refractivity contribution in [1.82, 2.24) is 0 Å². The van der Waals surface area contributed by atoms with Crippen molar-refractivity contribution >= 4 is 13.9 Å². The fourth-order valence-electron chi connectivity index (χ4n) is 3.88. The third kappa shape index (κ3) is 13.1. The summed E-state index contributed by atoms with van der Waals surface area (Å²) in [6.07, 6.45) is 12.4. The van der Waals surface area contributed by atoms with E-state index in [9.17, 15) is 14.4 Å². The van der Waals surface area contributed by atoms with Crippen molar-refractivity contribution in [2.45, 2.75) is 85.5 Å². The van der Waals surface area contributed by atoms with Crippen LogP contribution in [0.25, 0.3) is 6.08 Å². The molecule has 0 saturated heterocycles. The summed E-state index contributed by atoms with van der Waals surface area (Å²) in [6, 6.07) is 13.4. The van der Waals surface area contributed by atoms with Crippen LogP contribution in [0, 0.1) is 13.8 Å². The van der Waals surface area contributed by atoms with Gasteiger partial charge in [0.1, 0.15) is 5.75 Å². The number of rotatable bonds is 14. The molecule has 196 valence electrons. The quantitative estimate of drug-likeness (QED) is 0.200. The molecule has 0 aliphatic rings. The van der Waals surface area contributed by atoms with Crippen molar-refractivity contribution in [2.75, 3.05) is 13.2 Å². The second-order valence-corrected chi connectivity index (χ2v) is 9.88. The molecule has 6 heteroatoms. The van der Waals surface area contributed by atoms with Crippen LogP contribution in [0.1, 0.15) is 93.9 Å². The van der Waals surface area contributed by atoms with Gasteiger partial charge >= 0.3 is 7.82 Å². The molecule has 0 amide bonds. The summed E-state index contributed by atoms with van der Waals surface area (Å²) in [5.74, 6) is 0.284. The molecule has 0 spiro atoms. The van der Waals surface area contributed by atoms with Crippen LogP contribution in [-0.4, -0.2) is 23.0 Å². The second-order valence-electron chi connectivity index (χ2n) is 8.71. The van der Waals surface area contributed by atoms with E-state index in [2.05, 4.69) is 51.1 Å². The van der Waals surface area contributed by atoms with Gasteiger partial charge in [-0.15, -0.1) is 0 Å². The van der Waals surface area contributed by atoms with E-state index in [-0.39, 0.29) is 11.7 Å². The van der Waals surface area contributed by atoms with Gasteiger partial charge in [0.05, 0.1) is 0 Å². The molecule has 35 heavy (non-hydrogen) atoms. The van der Waals surface area contributed by atoms with Gasteiger partial charge in [0, 0.05) is 24.7 Å². The van der Waals surface area contributed by atoms with Gasteiger partial charge < -0.3 is 9.26 Å². The lowest BCUT2D eigenvalue weighted by Crippen LogP contribution is -2.01. The molecule has 0 bridgehead atoms. The van der Waals surface area contributed by atoms with Crippen molar-refractivity contribution < 1.29 is 23.6 Å². The normalized spacial score (nSPS) is 12.3. The van der Waals surface area contributed by atoms with E-state index in [4.69, 9.17) is 9.26 Å². The number of allylic oxidation sites excluding steroid dienone is 1. The first-order valence-corrected chi connectivity index (χ1v) is 14.4. The van der Waals surface area contributed by atoms with Crippen LogP contribution in [0.5, 0.6) is 5.75 Å². The third-order valence-corrected chi connectivity index (χ3v) is 6.40. The number of hydrogen-bond donors (Lipinski definition) is 2. The minimum atomic E-state index is -4.61. The summed E-state index contributed by atoms with van der Waals surface area (Å²) < 4.78 is 21.3. The summed E-state index contributed by atoms with van der Waals surface area (Å²) >= 11 is 0. The molecule has 2 N–H and O–H groups in total. The number of aryl methyl sites for hydroxylation is 1. The molecular formula is C29H45O5P. The maximum absolute atomic E-state index is 11.5. The Hall–Kier alpha value is -1.91. The number of para-hydroxylation sites is 1. The van der Waals surface area contributed by atoms with Gasteiger partial charge in [-0.05, 0) is 56.9 Å². The predicted molar refractivity (Wildman–Crippen MR) is 147 cm³/mol. The Balaban J connectivity index is 0.00000111. The number of phosphoric acid groups is 1. The number of ether oxygens (including phenoxy) is 1. The Morgan fingerprint density at radius 3 is 2.17 bits per heavy atom. The van der Waals surface area contributed by atoms with E-state index in [1.165, 1.54) is 36.8 Å². The molecule has 0 heterocycles. The zero-order valence-corrected chi connectivity index (χ0v) is 23.1. The van der Waals surface area contributed by atoms with Crippen LogP contribution in [0.4, 0.5) is 0 Å². The molecule has 1 atom stereocenters. The lowest BCUT2D eigenvalue weighted by atomic mass is 9.90. The van der Waals surface area contributed by atoms with E-state index in [1.54, 1.807) is 12.1 Å². The monoisotopic (exact) mass is 504 g/mol. The molecular weight excluding hydrogens is 459 g/mol. The molecule has 2 aromatic carbocycles. The van der Waals surface area contributed by atoms with E-state index in [0.717, 1.165) is 43.6 Å². The Labute approximate surface area is 212 Å². The van der Waals surface area contributed by atoms with Crippen molar-refractivity contribution in [3.8, 4) is 5.75 Å². The molecule has 5 nitrogen and oxygen atoms in total. The van der Waals surface area contributed by atoms with E-state index < -0.39 is 7.82 Å². The molecule has 2 aromatic rings. The van der Waals surface area contributed by atoms with Gasteiger partial charge in [-0.1, -0.05) is 94.0 Å². The number of hydrogen-bond acceptors (Lipinski definition) is 3. The van der Waals surface area contributed by atoms with Crippen LogP contribution in [0.2, 0.25) is 0 Å². The summed E-state index contributed by atoms with van der Waals surface area (Å²) in [5, 5.41) is 0. The molecule has 1 unspecified atom stereocenters. The Morgan fingerprint density at radius 2 is 1.54 bits per heavy atom. The number of phosphoric ester groups is 1. The standard InChI is InChI=1S/C25H35O4P.C4H10O/c1-4-5-6-7-8-9-14-23(19-18-22-15-12-13-20(2)21(22)3)24-16-10-11-17-25(24)29-30(26,27)28;1-3-5-4-2/h10-13,15-19,23H,4-9,14H2,1-3H3,(H2,26,27,28);3-4H2,1-2H3/b19-18+;. The lowest BCUT2D eigenvalue weighted by molar-refractivity contribution is 0.162. The largest absolute Gasteiger partial charge is 0.524 e. The van der Waals surface area contributed by atoms with Crippen molar-refractivity contribution in [1.29, 1.82) is 0 Å². The van der Waals surface area contributed by atoms with Gasteiger partial charge in [-0.25, -0.2) is 4.57 Å². The highest BCUT2D eigenvalue weighted by molar-refractivity contribution is 7.46. The summed E-state index contributed by atoms with van der Waals surface area (Å²) in [5.41, 5.74) is 4.47. The van der Waals surface area contributed by atoms with Crippen LogP contribution in [-0.2, 0) is 9.30 Å². The molecule has 2 rings (SSSR count). The maximum Gasteiger partial charge on any atom is 0.524 e. The second kappa shape index (κ2) is 17.5. The molecule has 0 fully saturated rings. The van der Waals surface area contributed by atoms with E-state index in [1.807, 2.05) is 26.0 Å². The zero-order chi connectivity index (χ0) is 26.1. The number of unbranched alkanes of at least 4 members (excludes halogenated alkanes) is 5. The number of benzene rings is 2. The smallest absolute Gasteiger partial charge is 0.404 e. The Kier molecular flexibility index (Phi) is 15.6. The van der Waals surface area contributed by atoms with Crippen LogP contribution in [0.15, 0.2) is 48.5 Å². The maximum atomic E-state index is 11.5. The SMILES string of the molecule is CCCCCCCCC(/C=C/c1cccc(C)c1C)c1ccccc1OP(=O)(O)O.CCOCC. The highest BCUT2D eigenvalue weighted by Gasteiger charge is 2.21. The fourth-order valence-corrected chi connectivity index (χ4v) is 4.30. The summed E-state index contributed by atoms with van der Waals surface area (Å²) in [7, 11) is -4.61. The Morgan fingerprint density at radius 1 is 0.886 bits per heavy atom. The van der Waals surface area contributed by atoms with Crippen LogP contribution in [0.3, 0.4) is 0 Å². The van der Waals surface area contributed by atoms with Gasteiger partial charge in [-0.2, -0.15) is 0 Å². The van der Waals surface area contributed by atoms with Gasteiger partial charge in [0.15, 0.2) is 0 Å². The van der Waals surface area contributed by atoms with Crippen molar-refractivity contribution in [2.24, 2.45) is 0 Å². The van der Waals surface area contributed by atoms with E-state index in [0.29, 0.717) is 0 Å². The van der Waals surface area contributed by atoms with Gasteiger partial charge in [-0.3, -0.25) is 9.79 Å². The summed E-state index contributed by atoms with van der Waals surface area (Å²) in [4.78, 5) is 18.6. The average Bonchev–Trinajstić information content (AvgIpc) is 2.81. The summed E-state index contributed by atoms with van der Waals surface area (Å²) in [6.45, 7) is 12.1. The fraction of sp³-hybridized carbons (Fsp3) is 0.517. The minimum Gasteiger partial charge on any atom is -0.404 e. The van der Waals surface area contributed by atoms with E-state index >= 15 is 0 Å². The molecule has 0 aliphatic heterocycles. The van der Waals surface area contributed by atoms with Crippen molar-refractivity contribution in [3.05, 3.63) is 70.8 Å². The molecule has 0 aromatic heterocycles. The highest BCUT2D eigenvalue weighted by Crippen LogP contribution is 2.42. The first-order chi connectivity index (χ1) is 16.7. The van der Waals surface area contributed by atoms with Gasteiger partial charge in [0.25, 0.3) is 0 Å². The van der Waals surface area contributed by atoms with Crippen molar-refractivity contribution in [3.63, 3.8) is 0 Å². The first-order valence-electron chi connectivity index (χ1n) is 12.9. The minimum absolute atomic E-state index is 0.0267. The molecule has 0 saturated carbocycles. The topological polar surface area (TPSA) is 76.0 Å². The first kappa shape index (κ1) is 31.1.